The van der Waals surface area contributed by atoms with Gasteiger partial charge in [0, 0.05) is 42.4 Å². The fraction of sp³-hybridized carbons (Fsp3) is 0.429. The predicted octanol–water partition coefficient (Wildman–Crippen LogP) is 2.95. The van der Waals surface area contributed by atoms with E-state index in [1.165, 1.54) is 6.07 Å². The summed E-state index contributed by atoms with van der Waals surface area (Å²) in [7, 11) is 0. The summed E-state index contributed by atoms with van der Waals surface area (Å²) in [5.41, 5.74) is 1.03. The normalized spacial score (nSPS) is 11.3. The summed E-state index contributed by atoms with van der Waals surface area (Å²) in [6.45, 7) is 5.56. The molecule has 0 amide bonds. The van der Waals surface area contributed by atoms with Crippen molar-refractivity contribution in [3.63, 3.8) is 0 Å². The smallest absolute Gasteiger partial charge is 0.270 e. The maximum Gasteiger partial charge on any atom is 0.270 e. The molecule has 0 atom stereocenters. The fourth-order valence-corrected chi connectivity index (χ4v) is 2.15. The van der Waals surface area contributed by atoms with E-state index >= 15 is 0 Å². The number of hydrogen-bond donors (Lipinski definition) is 0. The van der Waals surface area contributed by atoms with Gasteiger partial charge in [-0.1, -0.05) is 0 Å². The largest absolute Gasteiger partial charge is 0.351 e. The van der Waals surface area contributed by atoms with Crippen molar-refractivity contribution in [2.45, 2.75) is 26.7 Å². The Balaban J connectivity index is 2.24. The molecule has 6 nitrogen and oxygen atoms in total. The average molecular weight is 278 g/mol. The Hall–Kier alpha value is -1.92. The number of ether oxygens (including phenoxy) is 2. The Labute approximate surface area is 117 Å². The lowest BCUT2D eigenvalue weighted by Gasteiger charge is -2.18. The van der Waals surface area contributed by atoms with Gasteiger partial charge >= 0.3 is 0 Å². The zero-order chi connectivity index (χ0) is 14.5. The zero-order valence-corrected chi connectivity index (χ0v) is 11.6. The minimum atomic E-state index is -0.389. The number of non-ortho nitro benzene ring substituents is 1. The first-order valence-electron chi connectivity index (χ1n) is 6.62. The summed E-state index contributed by atoms with van der Waals surface area (Å²) in [6.07, 6.45) is 1.58. The highest BCUT2D eigenvalue weighted by atomic mass is 16.7. The van der Waals surface area contributed by atoms with Crippen molar-refractivity contribution in [2.24, 2.45) is 0 Å². The van der Waals surface area contributed by atoms with Crippen molar-refractivity contribution in [3.05, 3.63) is 40.6 Å². The first-order chi connectivity index (χ1) is 9.65. The molecule has 0 saturated carbocycles. The van der Waals surface area contributed by atoms with Gasteiger partial charge in [-0.05, 0) is 26.0 Å². The maximum atomic E-state index is 10.8. The van der Waals surface area contributed by atoms with Gasteiger partial charge in [-0.25, -0.2) is 0 Å². The van der Waals surface area contributed by atoms with Gasteiger partial charge in [-0.15, -0.1) is 0 Å². The Morgan fingerprint density at radius 1 is 1.25 bits per heavy atom. The minimum absolute atomic E-state index is 0.0985. The zero-order valence-electron chi connectivity index (χ0n) is 11.6. The highest BCUT2D eigenvalue weighted by Gasteiger charge is 2.13. The summed E-state index contributed by atoms with van der Waals surface area (Å²) in [4.78, 5) is 10.4. The third-order valence-corrected chi connectivity index (χ3v) is 3.02. The highest BCUT2D eigenvalue weighted by Crippen LogP contribution is 2.22. The highest BCUT2D eigenvalue weighted by molar-refractivity contribution is 5.82. The molecule has 0 fully saturated rings. The van der Waals surface area contributed by atoms with Gasteiger partial charge in [-0.3, -0.25) is 10.1 Å². The van der Waals surface area contributed by atoms with E-state index in [1.54, 1.807) is 12.1 Å². The molecule has 1 aromatic heterocycles. The standard InChI is InChI=1S/C14H18N2O4/c1-3-19-14(20-4-2)10-15-8-7-11-9-12(16(17)18)5-6-13(11)15/h5-9,14H,3-4,10H2,1-2H3. The second-order valence-corrected chi connectivity index (χ2v) is 4.31. The molecule has 2 aromatic rings. The molecule has 1 aromatic carbocycles. The van der Waals surface area contributed by atoms with Gasteiger partial charge in [-0.2, -0.15) is 0 Å². The van der Waals surface area contributed by atoms with E-state index in [2.05, 4.69) is 0 Å². The van der Waals surface area contributed by atoms with Crippen LogP contribution in [0.25, 0.3) is 10.9 Å². The number of hydrogen-bond acceptors (Lipinski definition) is 4. The number of nitro benzene ring substituents is 1. The van der Waals surface area contributed by atoms with E-state index in [0.717, 1.165) is 10.9 Å². The Morgan fingerprint density at radius 2 is 1.95 bits per heavy atom. The minimum Gasteiger partial charge on any atom is -0.351 e. The van der Waals surface area contributed by atoms with Crippen molar-refractivity contribution >= 4 is 16.6 Å². The van der Waals surface area contributed by atoms with Crippen LogP contribution in [0.2, 0.25) is 0 Å². The summed E-state index contributed by atoms with van der Waals surface area (Å²) >= 11 is 0. The van der Waals surface area contributed by atoms with Gasteiger partial charge in [0.1, 0.15) is 0 Å². The third kappa shape index (κ3) is 3.15. The van der Waals surface area contributed by atoms with Gasteiger partial charge in [0.25, 0.3) is 5.69 Å². The van der Waals surface area contributed by atoms with E-state index in [0.29, 0.717) is 19.8 Å². The molecular formula is C14H18N2O4. The molecule has 0 aliphatic rings. The molecule has 0 aliphatic heterocycles. The van der Waals surface area contributed by atoms with E-state index in [1.807, 2.05) is 30.7 Å². The fourth-order valence-electron chi connectivity index (χ4n) is 2.15. The van der Waals surface area contributed by atoms with Gasteiger partial charge < -0.3 is 14.0 Å². The van der Waals surface area contributed by atoms with Crippen LogP contribution in [0.5, 0.6) is 0 Å². The monoisotopic (exact) mass is 278 g/mol. The molecule has 0 unspecified atom stereocenters. The van der Waals surface area contributed by atoms with Crippen LogP contribution in [0.15, 0.2) is 30.5 Å². The first-order valence-corrected chi connectivity index (χ1v) is 6.62. The second kappa shape index (κ2) is 6.49. The topological polar surface area (TPSA) is 66.5 Å². The van der Waals surface area contributed by atoms with Crippen LogP contribution in [0, 0.1) is 10.1 Å². The van der Waals surface area contributed by atoms with Gasteiger partial charge in [0.15, 0.2) is 6.29 Å². The molecule has 6 heteroatoms. The molecule has 2 rings (SSSR count). The van der Waals surface area contributed by atoms with Crippen molar-refractivity contribution in [3.8, 4) is 0 Å². The second-order valence-electron chi connectivity index (χ2n) is 4.31. The van der Waals surface area contributed by atoms with E-state index in [4.69, 9.17) is 9.47 Å². The molecule has 0 saturated heterocycles. The Kier molecular flexibility index (Phi) is 4.70. The van der Waals surface area contributed by atoms with Gasteiger partial charge in [0.2, 0.25) is 0 Å². The molecule has 0 spiro atoms. The molecule has 0 N–H and O–H groups in total. The summed E-state index contributed by atoms with van der Waals surface area (Å²) in [5.74, 6) is 0. The number of benzene rings is 1. The quantitative estimate of drug-likeness (QED) is 0.443. The molecule has 0 aliphatic carbocycles. The molecule has 108 valence electrons. The van der Waals surface area contributed by atoms with Crippen LogP contribution in [0.1, 0.15) is 13.8 Å². The lowest BCUT2D eigenvalue weighted by atomic mass is 10.2. The van der Waals surface area contributed by atoms with Crippen molar-refractivity contribution < 1.29 is 14.4 Å². The van der Waals surface area contributed by atoms with Crippen LogP contribution < -0.4 is 0 Å². The van der Waals surface area contributed by atoms with E-state index < -0.39 is 0 Å². The third-order valence-electron chi connectivity index (χ3n) is 3.02. The Bertz CT molecular complexity index is 588. The molecule has 1 heterocycles. The number of nitro groups is 1. The maximum absolute atomic E-state index is 10.8. The van der Waals surface area contributed by atoms with Crippen molar-refractivity contribution in [1.29, 1.82) is 0 Å². The van der Waals surface area contributed by atoms with Crippen molar-refractivity contribution in [1.82, 2.24) is 4.57 Å². The average Bonchev–Trinajstić information content (AvgIpc) is 2.82. The number of aromatic nitrogens is 1. The molecule has 0 radical (unpaired) electrons. The van der Waals surface area contributed by atoms with E-state index in [-0.39, 0.29) is 16.9 Å². The summed E-state index contributed by atoms with van der Waals surface area (Å²) in [5, 5.41) is 11.6. The summed E-state index contributed by atoms with van der Waals surface area (Å²) < 4.78 is 13.0. The van der Waals surface area contributed by atoms with Crippen LogP contribution >= 0.6 is 0 Å². The lowest BCUT2D eigenvalue weighted by Crippen LogP contribution is -2.23. The SMILES string of the molecule is CCOC(Cn1ccc2cc([N+](=O)[O-])ccc21)OCC. The number of rotatable bonds is 7. The molecule has 0 bridgehead atoms. The van der Waals surface area contributed by atoms with Crippen molar-refractivity contribution in [2.75, 3.05) is 13.2 Å². The predicted molar refractivity (Wildman–Crippen MR) is 75.6 cm³/mol. The van der Waals surface area contributed by atoms with Crippen LogP contribution in [-0.2, 0) is 16.0 Å². The first kappa shape index (κ1) is 14.5. The lowest BCUT2D eigenvalue weighted by molar-refractivity contribution is -0.384. The Morgan fingerprint density at radius 3 is 2.55 bits per heavy atom. The van der Waals surface area contributed by atoms with Gasteiger partial charge in [0.05, 0.1) is 11.5 Å². The van der Waals surface area contributed by atoms with Crippen LogP contribution in [-0.4, -0.2) is 29.0 Å². The van der Waals surface area contributed by atoms with E-state index in [9.17, 15) is 10.1 Å². The van der Waals surface area contributed by atoms with Crippen LogP contribution in [0.4, 0.5) is 5.69 Å². The van der Waals surface area contributed by atoms with Crippen LogP contribution in [0.3, 0.4) is 0 Å². The number of fused-ring (bicyclic) bond motifs is 1. The molecular weight excluding hydrogens is 260 g/mol. The summed E-state index contributed by atoms with van der Waals surface area (Å²) in [6, 6.07) is 6.69. The molecule has 20 heavy (non-hydrogen) atoms. The number of nitrogens with zero attached hydrogens (tertiary/aromatic N) is 2.